The van der Waals surface area contributed by atoms with Crippen LogP contribution in [0.1, 0.15) is 41.5 Å². The maximum Gasteiger partial charge on any atom is 0.512 e. The van der Waals surface area contributed by atoms with Crippen molar-refractivity contribution in [3.8, 4) is 0 Å². The summed E-state index contributed by atoms with van der Waals surface area (Å²) < 4.78 is 22.8. The van der Waals surface area contributed by atoms with E-state index in [0.29, 0.717) is 0 Å². The first kappa shape index (κ1) is 18.5. The molecule has 1 unspecified atom stereocenters. The van der Waals surface area contributed by atoms with Crippen molar-refractivity contribution in [2.75, 3.05) is 6.79 Å². The van der Waals surface area contributed by atoms with Crippen LogP contribution in [0.4, 0.5) is 9.59 Å². The van der Waals surface area contributed by atoms with Crippen molar-refractivity contribution in [1.29, 1.82) is 0 Å². The summed E-state index contributed by atoms with van der Waals surface area (Å²) in [5.74, 6) is -2.53. The Hall–Kier alpha value is -1.54. The quantitative estimate of drug-likeness (QED) is 0.567. The van der Waals surface area contributed by atoms with Gasteiger partial charge in [-0.25, -0.2) is 9.59 Å². The lowest BCUT2D eigenvalue weighted by atomic mass is 10.2. The molecule has 0 aromatic rings. The smallest absolute Gasteiger partial charge is 0.431 e. The van der Waals surface area contributed by atoms with Gasteiger partial charge in [-0.05, 0) is 34.6 Å². The van der Waals surface area contributed by atoms with E-state index >= 15 is 0 Å². The molecule has 0 amide bonds. The van der Waals surface area contributed by atoms with E-state index in [1.54, 1.807) is 34.6 Å². The van der Waals surface area contributed by atoms with Gasteiger partial charge in [0.05, 0.1) is 6.10 Å². The molecule has 0 aliphatic carbocycles. The summed E-state index contributed by atoms with van der Waals surface area (Å²) in [4.78, 5) is 22.3. The SMILES string of the molecule is CC(C)OC(=O)OC(C)([O])OCOC(=O)OC(C)(C)C. The molecule has 8 nitrogen and oxygen atoms in total. The molecule has 0 fully saturated rings. The minimum absolute atomic E-state index is 0.434. The number of carbonyl (C=O) groups excluding carboxylic acids is 2. The molecule has 1 atom stereocenters. The van der Waals surface area contributed by atoms with E-state index in [2.05, 4.69) is 18.9 Å². The molecule has 0 aromatic carbocycles. The van der Waals surface area contributed by atoms with Crippen molar-refractivity contribution >= 4 is 12.3 Å². The maximum atomic E-state index is 11.6. The van der Waals surface area contributed by atoms with Gasteiger partial charge < -0.3 is 18.9 Å². The first-order chi connectivity index (χ1) is 8.91. The summed E-state index contributed by atoms with van der Waals surface area (Å²) in [7, 11) is 0. The van der Waals surface area contributed by atoms with E-state index in [9.17, 15) is 14.7 Å². The molecule has 0 aliphatic rings. The highest BCUT2D eigenvalue weighted by Crippen LogP contribution is 2.12. The minimum atomic E-state index is -2.53. The van der Waals surface area contributed by atoms with Crippen LogP contribution in [0.2, 0.25) is 0 Å². The zero-order valence-electron chi connectivity index (χ0n) is 12.6. The molecule has 1 radical (unpaired) electrons. The Labute approximate surface area is 117 Å². The van der Waals surface area contributed by atoms with Gasteiger partial charge in [-0.15, -0.1) is 0 Å². The summed E-state index contributed by atoms with van der Waals surface area (Å²) in [5.41, 5.74) is -0.727. The van der Waals surface area contributed by atoms with Crippen molar-refractivity contribution in [1.82, 2.24) is 0 Å². The Morgan fingerprint density at radius 3 is 2.00 bits per heavy atom. The predicted octanol–water partition coefficient (Wildman–Crippen LogP) is 2.58. The lowest BCUT2D eigenvalue weighted by Crippen LogP contribution is -2.35. The molecule has 20 heavy (non-hydrogen) atoms. The van der Waals surface area contributed by atoms with E-state index in [1.807, 2.05) is 0 Å². The molecule has 0 N–H and O–H groups in total. The van der Waals surface area contributed by atoms with Gasteiger partial charge in [-0.1, -0.05) is 0 Å². The molecule has 0 saturated carbocycles. The monoisotopic (exact) mass is 293 g/mol. The fourth-order valence-corrected chi connectivity index (χ4v) is 0.861. The number of carbonyl (C=O) groups is 2. The standard InChI is InChI=1S/C12H21O8/c1-8(2)18-10(14)20-12(6,15)17-7-16-9(13)19-11(3,4)5/h8H,7H2,1-6H3. The minimum Gasteiger partial charge on any atom is -0.431 e. The highest BCUT2D eigenvalue weighted by molar-refractivity contribution is 5.60. The number of ether oxygens (including phenoxy) is 5. The van der Waals surface area contributed by atoms with E-state index in [0.717, 1.165) is 6.92 Å². The van der Waals surface area contributed by atoms with Gasteiger partial charge in [-0.3, -0.25) is 4.74 Å². The second-order valence-electron chi connectivity index (χ2n) is 5.25. The van der Waals surface area contributed by atoms with Crippen molar-refractivity contribution in [2.45, 2.75) is 59.2 Å². The van der Waals surface area contributed by atoms with E-state index in [4.69, 9.17) is 4.74 Å². The zero-order valence-corrected chi connectivity index (χ0v) is 12.6. The van der Waals surface area contributed by atoms with Gasteiger partial charge in [-0.2, -0.15) is 5.11 Å². The largest absolute Gasteiger partial charge is 0.512 e. The Bertz CT molecular complexity index is 329. The lowest BCUT2D eigenvalue weighted by molar-refractivity contribution is -0.372. The molecule has 0 bridgehead atoms. The second kappa shape index (κ2) is 7.30. The summed E-state index contributed by atoms with van der Waals surface area (Å²) in [6, 6.07) is 0. The van der Waals surface area contributed by atoms with Crippen LogP contribution in [0, 0.1) is 0 Å². The Kier molecular flexibility index (Phi) is 6.74. The first-order valence-electron chi connectivity index (χ1n) is 6.01. The zero-order chi connectivity index (χ0) is 16.0. The summed E-state index contributed by atoms with van der Waals surface area (Å²) >= 11 is 0. The van der Waals surface area contributed by atoms with Crippen LogP contribution in [0.15, 0.2) is 0 Å². The molecule has 0 aromatic heterocycles. The number of hydrogen-bond acceptors (Lipinski definition) is 7. The summed E-state index contributed by atoms with van der Waals surface area (Å²) in [5, 5.41) is 11.6. The van der Waals surface area contributed by atoms with Crippen LogP contribution >= 0.6 is 0 Å². The molecular weight excluding hydrogens is 272 g/mol. The van der Waals surface area contributed by atoms with Gasteiger partial charge in [0.2, 0.25) is 6.79 Å². The molecule has 0 saturated heterocycles. The van der Waals surface area contributed by atoms with Crippen LogP contribution < -0.4 is 0 Å². The molecule has 117 valence electrons. The average molecular weight is 293 g/mol. The van der Waals surface area contributed by atoms with Crippen molar-refractivity contribution in [2.24, 2.45) is 0 Å². The van der Waals surface area contributed by atoms with Crippen LogP contribution in [0.5, 0.6) is 0 Å². The summed E-state index contributed by atoms with van der Waals surface area (Å²) in [6.45, 7) is 8.36. The third-order valence-electron chi connectivity index (χ3n) is 1.49. The molecule has 8 heteroatoms. The maximum absolute atomic E-state index is 11.6. The lowest BCUT2D eigenvalue weighted by Gasteiger charge is -2.22. The van der Waals surface area contributed by atoms with Gasteiger partial charge >= 0.3 is 18.3 Å². The molecule has 0 rings (SSSR count). The average Bonchev–Trinajstić information content (AvgIpc) is 2.10. The predicted molar refractivity (Wildman–Crippen MR) is 65.1 cm³/mol. The normalized spacial score (nSPS) is 14.4. The number of hydrogen-bond donors (Lipinski definition) is 0. The fourth-order valence-electron chi connectivity index (χ4n) is 0.861. The van der Waals surface area contributed by atoms with Crippen molar-refractivity contribution in [3.63, 3.8) is 0 Å². The fraction of sp³-hybridized carbons (Fsp3) is 0.833. The van der Waals surface area contributed by atoms with Crippen LogP contribution in [0.25, 0.3) is 0 Å². The number of rotatable bonds is 5. The molecule has 0 aliphatic heterocycles. The Balaban J connectivity index is 4.04. The van der Waals surface area contributed by atoms with Crippen LogP contribution in [-0.2, 0) is 28.8 Å². The topological polar surface area (TPSA) is 100 Å². The highest BCUT2D eigenvalue weighted by atomic mass is 16.9. The first-order valence-corrected chi connectivity index (χ1v) is 6.01. The van der Waals surface area contributed by atoms with E-state index < -0.39 is 36.8 Å². The van der Waals surface area contributed by atoms with E-state index in [1.165, 1.54) is 0 Å². The molecule has 0 spiro atoms. The molecule has 0 heterocycles. The third-order valence-corrected chi connectivity index (χ3v) is 1.49. The third kappa shape index (κ3) is 10.4. The van der Waals surface area contributed by atoms with Gasteiger partial charge in [0, 0.05) is 6.92 Å². The highest BCUT2D eigenvalue weighted by Gasteiger charge is 2.31. The second-order valence-corrected chi connectivity index (χ2v) is 5.25. The summed E-state index contributed by atoms with van der Waals surface area (Å²) in [6.07, 6.45) is -2.61. The Morgan fingerprint density at radius 2 is 1.55 bits per heavy atom. The van der Waals surface area contributed by atoms with Gasteiger partial charge in [0.25, 0.3) is 0 Å². The van der Waals surface area contributed by atoms with Gasteiger partial charge in [0.1, 0.15) is 5.60 Å². The van der Waals surface area contributed by atoms with Crippen LogP contribution in [-0.4, -0.2) is 36.8 Å². The van der Waals surface area contributed by atoms with Gasteiger partial charge in [0.15, 0.2) is 0 Å². The van der Waals surface area contributed by atoms with Crippen LogP contribution in [0.3, 0.4) is 0 Å². The Morgan fingerprint density at radius 1 is 1.00 bits per heavy atom. The molecular formula is C12H21O8. The van der Waals surface area contributed by atoms with E-state index in [-0.39, 0.29) is 0 Å². The van der Waals surface area contributed by atoms with Crippen molar-refractivity contribution < 1.29 is 38.4 Å². The van der Waals surface area contributed by atoms with Crippen molar-refractivity contribution in [3.05, 3.63) is 0 Å².